The molecule has 1 fully saturated rings. The highest BCUT2D eigenvalue weighted by Gasteiger charge is 2.27. The third-order valence-corrected chi connectivity index (χ3v) is 4.40. The van der Waals surface area contributed by atoms with Gasteiger partial charge in [0.2, 0.25) is 0 Å². The zero-order chi connectivity index (χ0) is 12.4. The summed E-state index contributed by atoms with van der Waals surface area (Å²) < 4.78 is 0. The largest absolute Gasteiger partial charge is 0.399 e. The van der Waals surface area contributed by atoms with Crippen LogP contribution < -0.4 is 10.6 Å². The van der Waals surface area contributed by atoms with Crippen molar-refractivity contribution in [3.63, 3.8) is 0 Å². The molecule has 1 saturated carbocycles. The molecule has 0 aliphatic heterocycles. The molecule has 1 aliphatic rings. The number of nitrogens with zero attached hydrogens (tertiary/aromatic N) is 1. The van der Waals surface area contributed by atoms with Crippen LogP contribution in [-0.2, 0) is 0 Å². The number of rotatable bonds is 2. The summed E-state index contributed by atoms with van der Waals surface area (Å²) in [5.74, 6) is 1.71. The highest BCUT2D eigenvalue weighted by molar-refractivity contribution is 5.56. The number of benzene rings is 1. The lowest BCUT2D eigenvalue weighted by Gasteiger charge is -2.38. The fraction of sp³-hybridized carbons (Fsp3) is 0.600. The predicted molar refractivity (Wildman–Crippen MR) is 75.2 cm³/mol. The first-order valence-corrected chi connectivity index (χ1v) is 6.66. The summed E-state index contributed by atoms with van der Waals surface area (Å²) in [5.41, 5.74) is 7.95. The summed E-state index contributed by atoms with van der Waals surface area (Å²) in [7, 11) is 2.20. The van der Waals surface area contributed by atoms with E-state index in [4.69, 9.17) is 5.73 Å². The molecule has 2 N–H and O–H groups in total. The highest BCUT2D eigenvalue weighted by atomic mass is 15.1. The van der Waals surface area contributed by atoms with Crippen molar-refractivity contribution in [1.82, 2.24) is 0 Å². The number of hydrogen-bond acceptors (Lipinski definition) is 2. The van der Waals surface area contributed by atoms with Gasteiger partial charge >= 0.3 is 0 Å². The van der Waals surface area contributed by atoms with Crippen LogP contribution in [0.15, 0.2) is 24.3 Å². The second kappa shape index (κ2) is 4.99. The molecule has 2 rings (SSSR count). The summed E-state index contributed by atoms with van der Waals surface area (Å²) >= 11 is 0. The molecule has 2 heteroatoms. The Labute approximate surface area is 105 Å². The quantitative estimate of drug-likeness (QED) is 0.790. The van der Waals surface area contributed by atoms with Crippen LogP contribution in [0, 0.1) is 11.8 Å². The van der Waals surface area contributed by atoms with Crippen molar-refractivity contribution in [2.75, 3.05) is 17.7 Å². The van der Waals surface area contributed by atoms with E-state index >= 15 is 0 Å². The molecular weight excluding hydrogens is 208 g/mol. The van der Waals surface area contributed by atoms with E-state index in [-0.39, 0.29) is 0 Å². The van der Waals surface area contributed by atoms with E-state index in [9.17, 15) is 0 Å². The Kier molecular flexibility index (Phi) is 3.60. The average Bonchev–Trinajstić information content (AvgIpc) is 2.32. The van der Waals surface area contributed by atoms with Gasteiger partial charge in [-0.3, -0.25) is 0 Å². The molecule has 3 atom stereocenters. The Morgan fingerprint density at radius 2 is 1.94 bits per heavy atom. The molecule has 1 aliphatic carbocycles. The van der Waals surface area contributed by atoms with Crippen LogP contribution in [0.1, 0.15) is 33.1 Å². The standard InChI is InChI=1S/C15H24N2/c1-11-7-8-15(9-12(11)2)17(3)14-6-4-5-13(16)10-14/h4-6,10-12,15H,7-9,16H2,1-3H3. The van der Waals surface area contributed by atoms with Crippen molar-refractivity contribution in [3.8, 4) is 0 Å². The third kappa shape index (κ3) is 2.74. The van der Waals surface area contributed by atoms with Crippen LogP contribution in [0.25, 0.3) is 0 Å². The average molecular weight is 232 g/mol. The van der Waals surface area contributed by atoms with E-state index in [0.29, 0.717) is 6.04 Å². The molecule has 1 aromatic carbocycles. The molecule has 3 unspecified atom stereocenters. The van der Waals surface area contributed by atoms with Gasteiger partial charge in [-0.05, 0) is 49.3 Å². The van der Waals surface area contributed by atoms with E-state index in [1.165, 1.54) is 24.9 Å². The Balaban J connectivity index is 2.07. The molecule has 0 aromatic heterocycles. The number of nitrogen functional groups attached to an aromatic ring is 1. The molecule has 0 saturated heterocycles. The van der Waals surface area contributed by atoms with Crippen molar-refractivity contribution < 1.29 is 0 Å². The van der Waals surface area contributed by atoms with Gasteiger partial charge in [-0.25, -0.2) is 0 Å². The molecule has 17 heavy (non-hydrogen) atoms. The summed E-state index contributed by atoms with van der Waals surface area (Å²) in [5, 5.41) is 0. The van der Waals surface area contributed by atoms with Gasteiger partial charge in [-0.2, -0.15) is 0 Å². The highest BCUT2D eigenvalue weighted by Crippen LogP contribution is 2.33. The van der Waals surface area contributed by atoms with E-state index in [1.54, 1.807) is 0 Å². The zero-order valence-electron chi connectivity index (χ0n) is 11.2. The predicted octanol–water partition coefficient (Wildman–Crippen LogP) is 3.53. The fourth-order valence-corrected chi connectivity index (χ4v) is 2.83. The first-order valence-electron chi connectivity index (χ1n) is 6.66. The molecular formula is C15H24N2. The molecule has 94 valence electrons. The van der Waals surface area contributed by atoms with Gasteiger partial charge in [-0.1, -0.05) is 19.9 Å². The van der Waals surface area contributed by atoms with Crippen LogP contribution in [-0.4, -0.2) is 13.1 Å². The van der Waals surface area contributed by atoms with Gasteiger partial charge in [0, 0.05) is 24.5 Å². The van der Waals surface area contributed by atoms with Gasteiger partial charge in [0.1, 0.15) is 0 Å². The zero-order valence-corrected chi connectivity index (χ0v) is 11.2. The van der Waals surface area contributed by atoms with Crippen molar-refractivity contribution in [2.24, 2.45) is 11.8 Å². The van der Waals surface area contributed by atoms with Crippen LogP contribution in [0.3, 0.4) is 0 Å². The normalized spacial score (nSPS) is 29.0. The number of hydrogen-bond donors (Lipinski definition) is 1. The minimum atomic E-state index is 0.669. The first kappa shape index (κ1) is 12.3. The SMILES string of the molecule is CC1CCC(N(C)c2cccc(N)c2)CC1C. The van der Waals surface area contributed by atoms with E-state index < -0.39 is 0 Å². The smallest absolute Gasteiger partial charge is 0.0386 e. The Morgan fingerprint density at radius 3 is 2.59 bits per heavy atom. The monoisotopic (exact) mass is 232 g/mol. The molecule has 0 spiro atoms. The lowest BCUT2D eigenvalue weighted by atomic mass is 9.78. The van der Waals surface area contributed by atoms with Gasteiger partial charge < -0.3 is 10.6 Å². The van der Waals surface area contributed by atoms with Crippen LogP contribution in [0.5, 0.6) is 0 Å². The van der Waals surface area contributed by atoms with Gasteiger partial charge in [0.15, 0.2) is 0 Å². The molecule has 0 radical (unpaired) electrons. The lowest BCUT2D eigenvalue weighted by Crippen LogP contribution is -2.37. The van der Waals surface area contributed by atoms with Crippen LogP contribution >= 0.6 is 0 Å². The van der Waals surface area contributed by atoms with Crippen molar-refractivity contribution in [2.45, 2.75) is 39.2 Å². The number of anilines is 2. The van der Waals surface area contributed by atoms with E-state index in [0.717, 1.165) is 17.5 Å². The minimum Gasteiger partial charge on any atom is -0.399 e. The minimum absolute atomic E-state index is 0.669. The molecule has 1 aromatic rings. The summed E-state index contributed by atoms with van der Waals surface area (Å²) in [6, 6.07) is 8.88. The summed E-state index contributed by atoms with van der Waals surface area (Å²) in [4.78, 5) is 2.40. The maximum Gasteiger partial charge on any atom is 0.0386 e. The topological polar surface area (TPSA) is 29.3 Å². The third-order valence-electron chi connectivity index (χ3n) is 4.40. The molecule has 0 heterocycles. The number of nitrogens with two attached hydrogens (primary N) is 1. The van der Waals surface area contributed by atoms with Gasteiger partial charge in [-0.15, -0.1) is 0 Å². The Hall–Kier alpha value is -1.18. The summed E-state index contributed by atoms with van der Waals surface area (Å²) in [6.07, 6.45) is 3.95. The fourth-order valence-electron chi connectivity index (χ4n) is 2.83. The van der Waals surface area contributed by atoms with Crippen LogP contribution in [0.4, 0.5) is 11.4 Å². The maximum atomic E-state index is 5.85. The van der Waals surface area contributed by atoms with E-state index in [2.05, 4.69) is 37.9 Å². The maximum absolute atomic E-state index is 5.85. The van der Waals surface area contributed by atoms with Crippen molar-refractivity contribution in [3.05, 3.63) is 24.3 Å². The Bertz CT molecular complexity index is 375. The van der Waals surface area contributed by atoms with Gasteiger partial charge in [0.25, 0.3) is 0 Å². The van der Waals surface area contributed by atoms with E-state index in [1.807, 2.05) is 12.1 Å². The molecule has 0 amide bonds. The lowest BCUT2D eigenvalue weighted by molar-refractivity contribution is 0.247. The first-order chi connectivity index (χ1) is 8.08. The second-order valence-corrected chi connectivity index (χ2v) is 5.63. The summed E-state index contributed by atoms with van der Waals surface area (Å²) in [6.45, 7) is 4.76. The second-order valence-electron chi connectivity index (χ2n) is 5.63. The van der Waals surface area contributed by atoms with Gasteiger partial charge in [0.05, 0.1) is 0 Å². The molecule has 0 bridgehead atoms. The Morgan fingerprint density at radius 1 is 1.18 bits per heavy atom. The molecule has 2 nitrogen and oxygen atoms in total. The van der Waals surface area contributed by atoms with Crippen molar-refractivity contribution in [1.29, 1.82) is 0 Å². The van der Waals surface area contributed by atoms with Crippen LogP contribution in [0.2, 0.25) is 0 Å². The van der Waals surface area contributed by atoms with Crippen molar-refractivity contribution >= 4 is 11.4 Å².